The number of rotatable bonds is 1. The van der Waals surface area contributed by atoms with Gasteiger partial charge in [-0.1, -0.05) is 36.4 Å². The smallest absolute Gasteiger partial charge is 0.141 e. The molecule has 1 aromatic carbocycles. The predicted molar refractivity (Wildman–Crippen MR) is 72.4 cm³/mol. The van der Waals surface area contributed by atoms with Crippen LogP contribution in [0.3, 0.4) is 0 Å². The van der Waals surface area contributed by atoms with Crippen molar-refractivity contribution in [2.24, 2.45) is 4.99 Å². The molecule has 0 spiro atoms. The summed E-state index contributed by atoms with van der Waals surface area (Å²) in [5.74, 6) is 0.217. The summed E-state index contributed by atoms with van der Waals surface area (Å²) < 4.78 is 0. The highest BCUT2D eigenvalue weighted by Crippen LogP contribution is 2.19. The van der Waals surface area contributed by atoms with Crippen molar-refractivity contribution < 1.29 is 5.11 Å². The SMILES string of the molecule is CN=C1C(O)=CC=C/C1=C/c1ccccc1C. The fraction of sp³-hybridized carbons (Fsp3) is 0.133. The van der Waals surface area contributed by atoms with Gasteiger partial charge < -0.3 is 5.11 Å². The van der Waals surface area contributed by atoms with E-state index >= 15 is 0 Å². The molecule has 0 saturated carbocycles. The van der Waals surface area contributed by atoms with Crippen molar-refractivity contribution in [2.75, 3.05) is 7.05 Å². The van der Waals surface area contributed by atoms with Crippen molar-refractivity contribution >= 4 is 11.8 Å². The third-order valence-electron chi connectivity index (χ3n) is 2.77. The van der Waals surface area contributed by atoms with E-state index in [0.717, 1.165) is 11.1 Å². The van der Waals surface area contributed by atoms with Crippen LogP contribution in [-0.2, 0) is 0 Å². The highest BCUT2D eigenvalue weighted by molar-refractivity contribution is 6.16. The van der Waals surface area contributed by atoms with Crippen LogP contribution in [0.15, 0.2) is 58.8 Å². The summed E-state index contributed by atoms with van der Waals surface area (Å²) >= 11 is 0. The van der Waals surface area contributed by atoms with E-state index < -0.39 is 0 Å². The number of hydrogen-bond donors (Lipinski definition) is 1. The van der Waals surface area contributed by atoms with Crippen molar-refractivity contribution in [2.45, 2.75) is 6.92 Å². The van der Waals surface area contributed by atoms with Gasteiger partial charge in [0.05, 0.1) is 0 Å². The first kappa shape index (κ1) is 11.4. The molecule has 0 saturated heterocycles. The lowest BCUT2D eigenvalue weighted by atomic mass is 9.99. The van der Waals surface area contributed by atoms with Crippen molar-refractivity contribution in [3.05, 3.63) is 65.0 Å². The average Bonchev–Trinajstić information content (AvgIpc) is 2.32. The van der Waals surface area contributed by atoms with Gasteiger partial charge in [-0.2, -0.15) is 0 Å². The minimum atomic E-state index is 0.217. The highest BCUT2D eigenvalue weighted by atomic mass is 16.3. The molecule has 1 aromatic rings. The Bertz CT molecular complexity index is 548. The summed E-state index contributed by atoms with van der Waals surface area (Å²) in [6.07, 6.45) is 7.47. The maximum atomic E-state index is 9.72. The Morgan fingerprint density at radius 1 is 1.24 bits per heavy atom. The number of hydrogen-bond acceptors (Lipinski definition) is 2. The molecular formula is C15H15NO. The van der Waals surface area contributed by atoms with Crippen LogP contribution >= 0.6 is 0 Å². The standard InChI is InChI=1S/C15H15NO/c1-11-6-3-4-7-12(11)10-13-8-5-9-14(17)15(13)16-2/h3-10,17H,1-2H3/b13-10-,16-15?. The maximum Gasteiger partial charge on any atom is 0.141 e. The molecule has 0 bridgehead atoms. The largest absolute Gasteiger partial charge is 0.506 e. The van der Waals surface area contributed by atoms with Crippen molar-refractivity contribution in [1.29, 1.82) is 0 Å². The van der Waals surface area contributed by atoms with Crippen molar-refractivity contribution in [3.8, 4) is 0 Å². The van der Waals surface area contributed by atoms with Crippen LogP contribution in [0.1, 0.15) is 11.1 Å². The third-order valence-corrected chi connectivity index (χ3v) is 2.77. The Labute approximate surface area is 101 Å². The van der Waals surface area contributed by atoms with Crippen LogP contribution in [0.4, 0.5) is 0 Å². The second-order valence-corrected chi connectivity index (χ2v) is 3.94. The summed E-state index contributed by atoms with van der Waals surface area (Å²) in [7, 11) is 1.68. The lowest BCUT2D eigenvalue weighted by Gasteiger charge is -2.10. The summed E-state index contributed by atoms with van der Waals surface area (Å²) in [5, 5.41) is 9.72. The Morgan fingerprint density at radius 3 is 2.71 bits per heavy atom. The van der Waals surface area contributed by atoms with Gasteiger partial charge in [0, 0.05) is 12.6 Å². The molecule has 0 aromatic heterocycles. The first-order valence-electron chi connectivity index (χ1n) is 5.54. The fourth-order valence-corrected chi connectivity index (χ4v) is 1.83. The molecule has 2 rings (SSSR count). The Hall–Kier alpha value is -2.09. The van der Waals surface area contributed by atoms with Crippen LogP contribution in [-0.4, -0.2) is 17.9 Å². The molecule has 0 unspecified atom stereocenters. The number of allylic oxidation sites excluding steroid dienone is 4. The Balaban J connectivity index is 2.45. The molecule has 0 heterocycles. The molecule has 1 aliphatic rings. The second-order valence-electron chi connectivity index (χ2n) is 3.94. The fourth-order valence-electron chi connectivity index (χ4n) is 1.83. The maximum absolute atomic E-state index is 9.72. The van der Waals surface area contributed by atoms with Crippen LogP contribution in [0, 0.1) is 6.92 Å². The van der Waals surface area contributed by atoms with Crippen LogP contribution in [0.2, 0.25) is 0 Å². The summed E-state index contributed by atoms with van der Waals surface area (Å²) in [6.45, 7) is 2.07. The van der Waals surface area contributed by atoms with Gasteiger partial charge in [0.25, 0.3) is 0 Å². The molecule has 0 fully saturated rings. The number of aliphatic hydroxyl groups is 1. The van der Waals surface area contributed by atoms with E-state index in [1.807, 2.05) is 30.4 Å². The topological polar surface area (TPSA) is 32.6 Å². The zero-order valence-corrected chi connectivity index (χ0v) is 10.0. The minimum absolute atomic E-state index is 0.217. The number of aliphatic imine (C=N–C) groups is 1. The van der Waals surface area contributed by atoms with E-state index in [2.05, 4.69) is 24.0 Å². The first-order valence-corrected chi connectivity index (χ1v) is 5.54. The van der Waals surface area contributed by atoms with Crippen molar-refractivity contribution in [3.63, 3.8) is 0 Å². The third kappa shape index (κ3) is 2.36. The van der Waals surface area contributed by atoms with Gasteiger partial charge in [0.1, 0.15) is 11.5 Å². The van der Waals surface area contributed by atoms with Gasteiger partial charge in [-0.05, 0) is 30.2 Å². The zero-order chi connectivity index (χ0) is 12.3. The molecule has 17 heavy (non-hydrogen) atoms. The number of aryl methyl sites for hydroxylation is 1. The van der Waals surface area contributed by atoms with E-state index in [4.69, 9.17) is 0 Å². The first-order chi connectivity index (χ1) is 8.22. The lowest BCUT2D eigenvalue weighted by molar-refractivity contribution is 0.443. The minimum Gasteiger partial charge on any atom is -0.506 e. The van der Waals surface area contributed by atoms with Gasteiger partial charge >= 0.3 is 0 Å². The summed E-state index contributed by atoms with van der Waals surface area (Å²) in [5.41, 5.74) is 3.92. The predicted octanol–water partition coefficient (Wildman–Crippen LogP) is 3.46. The van der Waals surface area contributed by atoms with Gasteiger partial charge in [-0.25, -0.2) is 0 Å². The summed E-state index contributed by atoms with van der Waals surface area (Å²) in [6, 6.07) is 8.14. The molecule has 1 aliphatic carbocycles. The van der Waals surface area contributed by atoms with E-state index in [-0.39, 0.29) is 5.76 Å². The average molecular weight is 225 g/mol. The molecule has 2 nitrogen and oxygen atoms in total. The van der Waals surface area contributed by atoms with E-state index in [1.165, 1.54) is 5.56 Å². The number of nitrogens with zero attached hydrogens (tertiary/aromatic N) is 1. The quantitative estimate of drug-likeness (QED) is 0.780. The van der Waals surface area contributed by atoms with Crippen LogP contribution in [0.5, 0.6) is 0 Å². The van der Waals surface area contributed by atoms with E-state index in [1.54, 1.807) is 13.1 Å². The Kier molecular flexibility index (Phi) is 3.24. The number of benzene rings is 1. The second kappa shape index (κ2) is 4.83. The Morgan fingerprint density at radius 2 is 2.00 bits per heavy atom. The van der Waals surface area contributed by atoms with E-state index in [9.17, 15) is 5.11 Å². The zero-order valence-electron chi connectivity index (χ0n) is 10.0. The van der Waals surface area contributed by atoms with Gasteiger partial charge in [0.15, 0.2) is 0 Å². The summed E-state index contributed by atoms with van der Waals surface area (Å²) in [4.78, 5) is 4.11. The van der Waals surface area contributed by atoms with Gasteiger partial charge in [-0.15, -0.1) is 0 Å². The van der Waals surface area contributed by atoms with Crippen LogP contribution < -0.4 is 0 Å². The normalized spacial score (nSPS) is 19.8. The van der Waals surface area contributed by atoms with Gasteiger partial charge in [0.2, 0.25) is 0 Å². The molecule has 1 N–H and O–H groups in total. The molecule has 0 amide bonds. The van der Waals surface area contributed by atoms with Gasteiger partial charge in [-0.3, -0.25) is 4.99 Å². The monoisotopic (exact) mass is 225 g/mol. The molecule has 2 heteroatoms. The molecule has 0 radical (unpaired) electrons. The molecule has 0 aliphatic heterocycles. The lowest BCUT2D eigenvalue weighted by Crippen LogP contribution is -2.07. The number of aliphatic hydroxyl groups excluding tert-OH is 1. The molecular weight excluding hydrogens is 210 g/mol. The molecule has 86 valence electrons. The highest BCUT2D eigenvalue weighted by Gasteiger charge is 2.11. The molecule has 0 atom stereocenters. The van der Waals surface area contributed by atoms with Crippen LogP contribution in [0.25, 0.3) is 6.08 Å². The van der Waals surface area contributed by atoms with Crippen molar-refractivity contribution in [1.82, 2.24) is 0 Å². The van der Waals surface area contributed by atoms with E-state index in [0.29, 0.717) is 5.71 Å².